The smallest absolute Gasteiger partial charge is 0.255 e. The second-order valence-corrected chi connectivity index (χ2v) is 9.07. The first-order valence-electron chi connectivity index (χ1n) is 11.5. The summed E-state index contributed by atoms with van der Waals surface area (Å²) in [5.41, 5.74) is 3.38. The molecule has 2 amide bonds. The minimum atomic E-state index is -0.353. The van der Waals surface area contributed by atoms with Gasteiger partial charge in [0.1, 0.15) is 5.82 Å². The molecule has 4 aromatic rings. The van der Waals surface area contributed by atoms with Crippen molar-refractivity contribution in [3.63, 3.8) is 0 Å². The first-order valence-corrected chi connectivity index (χ1v) is 11.9. The Hall–Kier alpha value is -4.23. The summed E-state index contributed by atoms with van der Waals surface area (Å²) < 4.78 is 1.85. The molecule has 180 valence electrons. The van der Waals surface area contributed by atoms with Crippen LogP contribution in [0.5, 0.6) is 0 Å². The molecule has 2 heterocycles. The summed E-state index contributed by atoms with van der Waals surface area (Å²) in [4.78, 5) is 40.3. The standard InChI is InChI=1S/C28H23ClN4O3/c1-18-15-25-32(26(34)13-14-33(25)31-18)17-19-7-9-21(10-8-19)28(36)30-24-12-11-22(29)16-23(24)27(35)20-5-3-2-4-6-20/h2-12,15-16H,13-14,17H2,1H3,(H,30,36). The number of carbonyl (C=O) groups is 3. The average molecular weight is 499 g/mol. The first-order chi connectivity index (χ1) is 17.4. The van der Waals surface area contributed by atoms with Crippen LogP contribution < -0.4 is 10.2 Å². The van der Waals surface area contributed by atoms with Gasteiger partial charge >= 0.3 is 0 Å². The first kappa shape index (κ1) is 23.5. The van der Waals surface area contributed by atoms with Gasteiger partial charge in [-0.15, -0.1) is 0 Å². The molecule has 1 aromatic heterocycles. The number of halogens is 1. The number of carbonyl (C=O) groups excluding carboxylic acids is 3. The van der Waals surface area contributed by atoms with Gasteiger partial charge in [0.05, 0.1) is 24.5 Å². The lowest BCUT2D eigenvalue weighted by Crippen LogP contribution is -2.36. The van der Waals surface area contributed by atoms with E-state index in [1.165, 1.54) is 0 Å². The van der Waals surface area contributed by atoms with Gasteiger partial charge in [-0.2, -0.15) is 5.10 Å². The highest BCUT2D eigenvalue weighted by Crippen LogP contribution is 2.26. The highest BCUT2D eigenvalue weighted by molar-refractivity contribution is 6.31. The molecule has 0 saturated carbocycles. The normalized spacial score (nSPS) is 12.8. The molecule has 0 aliphatic carbocycles. The molecule has 1 N–H and O–H groups in total. The Morgan fingerprint density at radius 3 is 2.47 bits per heavy atom. The van der Waals surface area contributed by atoms with E-state index in [2.05, 4.69) is 10.4 Å². The Morgan fingerprint density at radius 1 is 0.972 bits per heavy atom. The minimum Gasteiger partial charge on any atom is -0.321 e. The number of fused-ring (bicyclic) bond motifs is 1. The fraction of sp³-hybridized carbons (Fsp3) is 0.143. The van der Waals surface area contributed by atoms with E-state index in [9.17, 15) is 14.4 Å². The molecular formula is C28H23ClN4O3. The monoisotopic (exact) mass is 498 g/mol. The Bertz CT molecular complexity index is 1460. The predicted molar refractivity (Wildman–Crippen MR) is 138 cm³/mol. The second-order valence-electron chi connectivity index (χ2n) is 8.63. The Kier molecular flexibility index (Phi) is 6.40. The van der Waals surface area contributed by atoms with Gasteiger partial charge in [-0.1, -0.05) is 54.1 Å². The molecule has 3 aromatic carbocycles. The van der Waals surface area contributed by atoms with Crippen LogP contribution >= 0.6 is 11.6 Å². The molecule has 0 spiro atoms. The molecule has 8 heteroatoms. The molecule has 0 fully saturated rings. The maximum absolute atomic E-state index is 13.0. The molecule has 0 unspecified atom stereocenters. The zero-order valence-corrected chi connectivity index (χ0v) is 20.3. The molecule has 1 aliphatic rings. The van der Waals surface area contributed by atoms with Gasteiger partial charge in [0.15, 0.2) is 5.78 Å². The lowest BCUT2D eigenvalue weighted by molar-refractivity contribution is -0.119. The maximum atomic E-state index is 13.0. The van der Waals surface area contributed by atoms with Crippen LogP contribution in [-0.4, -0.2) is 27.4 Å². The number of hydrogen-bond donors (Lipinski definition) is 1. The van der Waals surface area contributed by atoms with Gasteiger partial charge in [0.2, 0.25) is 5.91 Å². The fourth-order valence-electron chi connectivity index (χ4n) is 4.24. The van der Waals surface area contributed by atoms with Crippen LogP contribution in [0.25, 0.3) is 0 Å². The SMILES string of the molecule is Cc1cc2n(n1)CCC(=O)N2Cc1ccc(C(=O)Nc2ccc(Cl)cc2C(=O)c2ccccc2)cc1. The summed E-state index contributed by atoms with van der Waals surface area (Å²) in [7, 11) is 0. The van der Waals surface area contributed by atoms with Gasteiger partial charge in [-0.3, -0.25) is 19.3 Å². The van der Waals surface area contributed by atoms with E-state index >= 15 is 0 Å². The van der Waals surface area contributed by atoms with Crippen LogP contribution in [0.4, 0.5) is 11.5 Å². The third kappa shape index (κ3) is 4.78. The zero-order chi connectivity index (χ0) is 25.2. The van der Waals surface area contributed by atoms with Crippen molar-refractivity contribution < 1.29 is 14.4 Å². The number of nitrogens with zero attached hydrogens (tertiary/aromatic N) is 3. The van der Waals surface area contributed by atoms with E-state index in [0.29, 0.717) is 46.9 Å². The quantitative estimate of drug-likeness (QED) is 0.367. The van der Waals surface area contributed by atoms with Crippen molar-refractivity contribution in [2.75, 3.05) is 10.2 Å². The molecule has 0 bridgehead atoms. The van der Waals surface area contributed by atoms with Crippen molar-refractivity contribution in [2.24, 2.45) is 0 Å². The molecule has 0 saturated heterocycles. The maximum Gasteiger partial charge on any atom is 0.255 e. The van der Waals surface area contributed by atoms with Crippen LogP contribution in [0.2, 0.25) is 5.02 Å². The number of ketones is 1. The predicted octanol–water partition coefficient (Wildman–Crippen LogP) is 5.27. The highest BCUT2D eigenvalue weighted by atomic mass is 35.5. The van der Waals surface area contributed by atoms with Crippen molar-refractivity contribution in [3.05, 3.63) is 112 Å². The van der Waals surface area contributed by atoms with E-state index < -0.39 is 0 Å². The summed E-state index contributed by atoms with van der Waals surface area (Å²) in [5.74, 6) is 0.240. The third-order valence-electron chi connectivity index (χ3n) is 6.06. The summed E-state index contributed by atoms with van der Waals surface area (Å²) in [6.07, 6.45) is 0.403. The number of rotatable bonds is 6. The van der Waals surface area contributed by atoms with Gasteiger partial charge in [0, 0.05) is 34.2 Å². The van der Waals surface area contributed by atoms with Crippen molar-refractivity contribution >= 4 is 40.7 Å². The number of aryl methyl sites for hydroxylation is 2. The molecule has 1 aliphatic heterocycles. The second kappa shape index (κ2) is 9.79. The molecular weight excluding hydrogens is 476 g/mol. The summed E-state index contributed by atoms with van der Waals surface area (Å²) >= 11 is 6.14. The lowest BCUT2D eigenvalue weighted by atomic mass is 10.0. The van der Waals surface area contributed by atoms with Crippen molar-refractivity contribution in [2.45, 2.75) is 26.4 Å². The van der Waals surface area contributed by atoms with Gasteiger partial charge < -0.3 is 5.32 Å². The van der Waals surface area contributed by atoms with Crippen LogP contribution in [0, 0.1) is 6.92 Å². The van der Waals surface area contributed by atoms with Crippen molar-refractivity contribution in [1.29, 1.82) is 0 Å². The summed E-state index contributed by atoms with van der Waals surface area (Å²) in [6.45, 7) is 2.87. The van der Waals surface area contributed by atoms with Gasteiger partial charge in [-0.25, -0.2) is 4.68 Å². The third-order valence-corrected chi connectivity index (χ3v) is 6.30. The zero-order valence-electron chi connectivity index (χ0n) is 19.6. The average Bonchev–Trinajstić information content (AvgIpc) is 3.28. The molecule has 0 radical (unpaired) electrons. The fourth-order valence-corrected chi connectivity index (χ4v) is 4.42. The minimum absolute atomic E-state index is 0.0440. The van der Waals surface area contributed by atoms with Crippen LogP contribution in [0.15, 0.2) is 78.9 Å². The number of hydrogen-bond acceptors (Lipinski definition) is 4. The number of anilines is 2. The number of nitrogens with one attached hydrogen (secondary N) is 1. The summed E-state index contributed by atoms with van der Waals surface area (Å²) in [6, 6.07) is 22.6. The van der Waals surface area contributed by atoms with Crippen molar-refractivity contribution in [1.82, 2.24) is 9.78 Å². The van der Waals surface area contributed by atoms with Crippen LogP contribution in [-0.2, 0) is 17.9 Å². The van der Waals surface area contributed by atoms with E-state index in [0.717, 1.165) is 17.1 Å². The summed E-state index contributed by atoms with van der Waals surface area (Å²) in [5, 5.41) is 7.67. The lowest BCUT2D eigenvalue weighted by Gasteiger charge is -2.27. The van der Waals surface area contributed by atoms with Gasteiger partial charge in [-0.05, 0) is 42.8 Å². The molecule has 36 heavy (non-hydrogen) atoms. The largest absolute Gasteiger partial charge is 0.321 e. The van der Waals surface area contributed by atoms with E-state index in [1.54, 1.807) is 59.5 Å². The van der Waals surface area contributed by atoms with E-state index in [1.807, 2.05) is 35.9 Å². The topological polar surface area (TPSA) is 84.3 Å². The van der Waals surface area contributed by atoms with Gasteiger partial charge in [0.25, 0.3) is 5.91 Å². The van der Waals surface area contributed by atoms with Crippen molar-refractivity contribution in [3.8, 4) is 0 Å². The van der Waals surface area contributed by atoms with E-state index in [-0.39, 0.29) is 17.6 Å². The number of benzene rings is 3. The molecule has 0 atom stereocenters. The Balaban J connectivity index is 1.33. The van der Waals surface area contributed by atoms with E-state index in [4.69, 9.17) is 11.6 Å². The Labute approximate surface area is 213 Å². The number of aromatic nitrogens is 2. The van der Waals surface area contributed by atoms with Crippen LogP contribution in [0.3, 0.4) is 0 Å². The molecule has 7 nitrogen and oxygen atoms in total. The highest BCUT2D eigenvalue weighted by Gasteiger charge is 2.25. The van der Waals surface area contributed by atoms with Crippen LogP contribution in [0.1, 0.15) is 44.0 Å². The Morgan fingerprint density at radius 2 is 1.72 bits per heavy atom. The molecule has 5 rings (SSSR count). The number of amides is 2.